The molecule has 0 amide bonds. The number of halogens is 1. The van der Waals surface area contributed by atoms with Crippen molar-refractivity contribution in [1.29, 1.82) is 0 Å². The molecule has 17 heavy (non-hydrogen) atoms. The summed E-state index contributed by atoms with van der Waals surface area (Å²) in [6.45, 7) is 1.91. The number of rotatable bonds is 3. The summed E-state index contributed by atoms with van der Waals surface area (Å²) in [7, 11) is 3.27. The second-order valence-electron chi connectivity index (χ2n) is 3.44. The van der Waals surface area contributed by atoms with E-state index >= 15 is 0 Å². The lowest BCUT2D eigenvalue weighted by Gasteiger charge is -2.05. The fourth-order valence-electron chi connectivity index (χ4n) is 1.53. The standard InChI is InChI=1S/C12H12ClNO2S/c1-7-12(16-3)17-11(14-7)9-6-8(13)4-5-10(9)15-2/h4-6H,1-3H3. The van der Waals surface area contributed by atoms with Crippen LogP contribution in [0.25, 0.3) is 10.6 Å². The summed E-state index contributed by atoms with van der Waals surface area (Å²) in [5, 5.41) is 2.31. The Morgan fingerprint density at radius 3 is 2.59 bits per heavy atom. The molecule has 1 aromatic carbocycles. The molecule has 0 fully saturated rings. The van der Waals surface area contributed by atoms with Gasteiger partial charge in [-0.05, 0) is 25.1 Å². The van der Waals surface area contributed by atoms with Gasteiger partial charge in [0.1, 0.15) is 10.8 Å². The fraction of sp³-hybridized carbons (Fsp3) is 0.250. The first-order valence-electron chi connectivity index (χ1n) is 5.01. The van der Waals surface area contributed by atoms with Crippen molar-refractivity contribution in [1.82, 2.24) is 4.98 Å². The van der Waals surface area contributed by atoms with E-state index in [1.165, 1.54) is 11.3 Å². The van der Waals surface area contributed by atoms with Gasteiger partial charge in [0.15, 0.2) is 5.06 Å². The minimum absolute atomic E-state index is 0.660. The maximum atomic E-state index is 5.99. The molecule has 0 spiro atoms. The van der Waals surface area contributed by atoms with Gasteiger partial charge >= 0.3 is 0 Å². The quantitative estimate of drug-likeness (QED) is 0.850. The lowest BCUT2D eigenvalue weighted by atomic mass is 10.2. The van der Waals surface area contributed by atoms with Crippen LogP contribution in [0.2, 0.25) is 5.02 Å². The highest BCUT2D eigenvalue weighted by Crippen LogP contribution is 2.38. The van der Waals surface area contributed by atoms with E-state index in [1.54, 1.807) is 20.3 Å². The summed E-state index contributed by atoms with van der Waals surface area (Å²) in [5.41, 5.74) is 1.76. The molecule has 0 unspecified atom stereocenters. The lowest BCUT2D eigenvalue weighted by molar-refractivity contribution is 0.416. The Bertz CT molecular complexity index is 539. The third-order valence-corrected chi connectivity index (χ3v) is 3.72. The van der Waals surface area contributed by atoms with Crippen molar-refractivity contribution >= 4 is 22.9 Å². The topological polar surface area (TPSA) is 31.4 Å². The van der Waals surface area contributed by atoms with Gasteiger partial charge in [-0.25, -0.2) is 4.98 Å². The third-order valence-electron chi connectivity index (χ3n) is 2.33. The maximum absolute atomic E-state index is 5.99. The second kappa shape index (κ2) is 4.94. The Hall–Kier alpha value is -1.26. The van der Waals surface area contributed by atoms with E-state index in [0.29, 0.717) is 5.02 Å². The van der Waals surface area contributed by atoms with Gasteiger partial charge in [0.05, 0.1) is 25.5 Å². The number of nitrogens with zero attached hydrogens (tertiary/aromatic N) is 1. The molecule has 0 N–H and O–H groups in total. The van der Waals surface area contributed by atoms with Crippen LogP contribution in [0, 0.1) is 6.92 Å². The fourth-order valence-corrected chi connectivity index (χ4v) is 2.61. The van der Waals surface area contributed by atoms with Crippen molar-refractivity contribution < 1.29 is 9.47 Å². The highest BCUT2D eigenvalue weighted by Gasteiger charge is 2.14. The van der Waals surface area contributed by atoms with Gasteiger partial charge in [-0.15, -0.1) is 0 Å². The molecule has 0 saturated heterocycles. The van der Waals surface area contributed by atoms with Crippen LogP contribution in [0.15, 0.2) is 18.2 Å². The van der Waals surface area contributed by atoms with Crippen molar-refractivity contribution in [2.24, 2.45) is 0 Å². The Kier molecular flexibility index (Phi) is 3.54. The van der Waals surface area contributed by atoms with Gasteiger partial charge in [-0.1, -0.05) is 22.9 Å². The van der Waals surface area contributed by atoms with Gasteiger partial charge < -0.3 is 9.47 Å². The average Bonchev–Trinajstić information content (AvgIpc) is 2.70. The van der Waals surface area contributed by atoms with E-state index in [0.717, 1.165) is 27.1 Å². The molecule has 0 radical (unpaired) electrons. The molecule has 0 saturated carbocycles. The first-order valence-corrected chi connectivity index (χ1v) is 6.20. The largest absolute Gasteiger partial charge is 0.496 e. The van der Waals surface area contributed by atoms with Crippen LogP contribution in [-0.4, -0.2) is 19.2 Å². The van der Waals surface area contributed by atoms with Crippen LogP contribution in [0.4, 0.5) is 0 Å². The molecule has 0 aliphatic rings. The lowest BCUT2D eigenvalue weighted by Crippen LogP contribution is -1.87. The number of aromatic nitrogens is 1. The minimum atomic E-state index is 0.660. The molecule has 1 heterocycles. The van der Waals surface area contributed by atoms with Crippen LogP contribution >= 0.6 is 22.9 Å². The van der Waals surface area contributed by atoms with E-state index in [9.17, 15) is 0 Å². The maximum Gasteiger partial charge on any atom is 0.197 e. The van der Waals surface area contributed by atoms with E-state index < -0.39 is 0 Å². The number of hydrogen-bond donors (Lipinski definition) is 0. The summed E-state index contributed by atoms with van der Waals surface area (Å²) in [4.78, 5) is 4.46. The van der Waals surface area contributed by atoms with E-state index in [4.69, 9.17) is 21.1 Å². The zero-order valence-electron chi connectivity index (χ0n) is 9.78. The zero-order valence-corrected chi connectivity index (χ0v) is 11.4. The summed E-state index contributed by atoms with van der Waals surface area (Å²) >= 11 is 7.47. The molecule has 0 bridgehead atoms. The van der Waals surface area contributed by atoms with E-state index in [2.05, 4.69) is 4.98 Å². The predicted molar refractivity (Wildman–Crippen MR) is 70.4 cm³/mol. The summed E-state index contributed by atoms with van der Waals surface area (Å²) in [5.74, 6) is 0.755. The Labute approximate surface area is 109 Å². The normalized spacial score (nSPS) is 10.4. The average molecular weight is 270 g/mol. The molecule has 1 aromatic heterocycles. The summed E-state index contributed by atoms with van der Waals surface area (Å²) in [6, 6.07) is 5.47. The van der Waals surface area contributed by atoms with Crippen molar-refractivity contribution in [2.75, 3.05) is 14.2 Å². The number of thiazole rings is 1. The van der Waals surface area contributed by atoms with Gasteiger partial charge in [-0.3, -0.25) is 0 Å². The van der Waals surface area contributed by atoms with Crippen LogP contribution in [-0.2, 0) is 0 Å². The van der Waals surface area contributed by atoms with Crippen molar-refractivity contribution in [3.8, 4) is 21.4 Å². The summed E-state index contributed by atoms with van der Waals surface area (Å²) in [6.07, 6.45) is 0. The van der Waals surface area contributed by atoms with Gasteiger partial charge in [0, 0.05) is 5.02 Å². The number of aryl methyl sites for hydroxylation is 1. The van der Waals surface area contributed by atoms with Crippen LogP contribution in [0.5, 0.6) is 10.8 Å². The van der Waals surface area contributed by atoms with Gasteiger partial charge in [0.25, 0.3) is 0 Å². The van der Waals surface area contributed by atoms with Crippen LogP contribution < -0.4 is 9.47 Å². The van der Waals surface area contributed by atoms with Crippen molar-refractivity contribution in [3.05, 3.63) is 28.9 Å². The molecule has 0 atom stereocenters. The van der Waals surface area contributed by atoms with Crippen LogP contribution in [0.1, 0.15) is 5.69 Å². The molecule has 0 aliphatic carbocycles. The Balaban J connectivity index is 2.54. The van der Waals surface area contributed by atoms with Gasteiger partial charge in [-0.2, -0.15) is 0 Å². The number of benzene rings is 1. The first kappa shape index (κ1) is 12.2. The zero-order chi connectivity index (χ0) is 12.4. The first-order chi connectivity index (χ1) is 8.15. The van der Waals surface area contributed by atoms with Gasteiger partial charge in [0.2, 0.25) is 0 Å². The van der Waals surface area contributed by atoms with E-state index in [-0.39, 0.29) is 0 Å². The molecule has 0 aliphatic heterocycles. The SMILES string of the molecule is COc1ccc(Cl)cc1-c1nc(C)c(OC)s1. The molecule has 2 rings (SSSR count). The Morgan fingerprint density at radius 2 is 2.00 bits per heavy atom. The molecule has 3 nitrogen and oxygen atoms in total. The smallest absolute Gasteiger partial charge is 0.197 e. The van der Waals surface area contributed by atoms with Crippen LogP contribution in [0.3, 0.4) is 0 Å². The summed E-state index contributed by atoms with van der Waals surface area (Å²) < 4.78 is 10.5. The van der Waals surface area contributed by atoms with Crippen molar-refractivity contribution in [3.63, 3.8) is 0 Å². The number of methoxy groups -OCH3 is 2. The minimum Gasteiger partial charge on any atom is -0.496 e. The highest BCUT2D eigenvalue weighted by atomic mass is 35.5. The highest BCUT2D eigenvalue weighted by molar-refractivity contribution is 7.17. The number of hydrogen-bond acceptors (Lipinski definition) is 4. The second-order valence-corrected chi connectivity index (χ2v) is 4.84. The van der Waals surface area contributed by atoms with E-state index in [1.807, 2.05) is 19.1 Å². The number of ether oxygens (including phenoxy) is 2. The molecule has 90 valence electrons. The Morgan fingerprint density at radius 1 is 1.24 bits per heavy atom. The third kappa shape index (κ3) is 2.37. The molecule has 2 aromatic rings. The molecular formula is C12H12ClNO2S. The molecular weight excluding hydrogens is 258 g/mol. The monoisotopic (exact) mass is 269 g/mol. The van der Waals surface area contributed by atoms with Crippen molar-refractivity contribution in [2.45, 2.75) is 6.92 Å². The molecule has 5 heteroatoms. The predicted octanol–water partition coefficient (Wildman–Crippen LogP) is 3.79.